The quantitative estimate of drug-likeness (QED) is 0.384. The molecule has 33 heavy (non-hydrogen) atoms. The molecule has 10 atom stereocenters. The Kier molecular flexibility index (Phi) is 5.07. The van der Waals surface area contributed by atoms with Crippen LogP contribution in [0.1, 0.15) is 107 Å². The van der Waals surface area contributed by atoms with Gasteiger partial charge in [-0.25, -0.2) is 0 Å². The maximum atomic E-state index is 11.3. The summed E-state index contributed by atoms with van der Waals surface area (Å²) >= 11 is 0. The lowest BCUT2D eigenvalue weighted by molar-refractivity contribution is -0.218. The van der Waals surface area contributed by atoms with Gasteiger partial charge in [-0.05, 0) is 96.2 Å². The number of fused-ring (bicyclic) bond motifs is 7. The van der Waals surface area contributed by atoms with Crippen molar-refractivity contribution < 1.29 is 15.3 Å². The minimum atomic E-state index is -0.656. The first-order chi connectivity index (χ1) is 15.1. The molecule has 0 amide bonds. The van der Waals surface area contributed by atoms with Gasteiger partial charge < -0.3 is 15.3 Å². The molecule has 0 aromatic heterocycles. The molecule has 1 unspecified atom stereocenters. The van der Waals surface area contributed by atoms with Gasteiger partial charge in [-0.3, -0.25) is 0 Å². The van der Waals surface area contributed by atoms with E-state index in [2.05, 4.69) is 61.5 Å². The topological polar surface area (TPSA) is 60.7 Å². The van der Waals surface area contributed by atoms with Crippen LogP contribution in [0, 0.1) is 50.2 Å². The largest absolute Gasteiger partial charge is 0.393 e. The normalized spacial score (nSPS) is 57.1. The molecule has 0 aromatic rings. The third-order valence-electron chi connectivity index (χ3n) is 13.3. The lowest BCUT2D eigenvalue weighted by Crippen LogP contribution is -2.66. The summed E-state index contributed by atoms with van der Waals surface area (Å²) in [7, 11) is 0. The molecule has 5 aliphatic rings. The fourth-order valence-electron chi connectivity index (χ4n) is 10.7. The Morgan fingerprint density at radius 1 is 0.727 bits per heavy atom. The second-order valence-corrected chi connectivity index (χ2v) is 15.3. The molecule has 188 valence electrons. The maximum Gasteiger partial charge on any atom is 0.0863 e. The molecular weight excluding hydrogens is 408 g/mol. The van der Waals surface area contributed by atoms with Crippen LogP contribution in [0.3, 0.4) is 0 Å². The second kappa shape index (κ2) is 6.88. The van der Waals surface area contributed by atoms with Crippen molar-refractivity contribution in [1.29, 1.82) is 0 Å². The van der Waals surface area contributed by atoms with Crippen LogP contribution in [0.5, 0.6) is 0 Å². The van der Waals surface area contributed by atoms with Crippen molar-refractivity contribution in [2.75, 3.05) is 0 Å². The summed E-state index contributed by atoms with van der Waals surface area (Å²) in [5, 5.41) is 33.2. The molecule has 4 fully saturated rings. The highest BCUT2D eigenvalue weighted by molar-refractivity contribution is 5.34. The molecule has 3 nitrogen and oxygen atoms in total. The van der Waals surface area contributed by atoms with E-state index in [1.165, 1.54) is 12.8 Å². The summed E-state index contributed by atoms with van der Waals surface area (Å²) in [5.74, 6) is 1.56. The zero-order valence-corrected chi connectivity index (χ0v) is 22.5. The standard InChI is InChI=1S/C30H50O3/c1-25(2)17-19-18-9-10-21-28(6)13-12-22(31)26(3,4)20(28)11-14-30(21,8)29(18,7)16-15-27(19,5)24(33)23(25)32/h9,19-24,31-33H,10-17H2,1-8H3/t19-,20?,21-,22+,23+,24-,27-,28+,29-,30-/m1/s1. The molecule has 4 saturated carbocycles. The van der Waals surface area contributed by atoms with E-state index in [9.17, 15) is 15.3 Å². The monoisotopic (exact) mass is 458 g/mol. The third kappa shape index (κ3) is 2.80. The third-order valence-corrected chi connectivity index (χ3v) is 13.3. The summed E-state index contributed by atoms with van der Waals surface area (Å²) in [5.41, 5.74) is 1.74. The van der Waals surface area contributed by atoms with Crippen molar-refractivity contribution in [3.8, 4) is 0 Å². The van der Waals surface area contributed by atoms with Gasteiger partial charge in [-0.1, -0.05) is 67.0 Å². The number of hydrogen-bond donors (Lipinski definition) is 3. The van der Waals surface area contributed by atoms with Crippen LogP contribution in [0.25, 0.3) is 0 Å². The van der Waals surface area contributed by atoms with Gasteiger partial charge in [0.15, 0.2) is 0 Å². The highest BCUT2D eigenvalue weighted by Gasteiger charge is 2.69. The van der Waals surface area contributed by atoms with Crippen LogP contribution in [0.15, 0.2) is 11.6 Å². The van der Waals surface area contributed by atoms with E-state index in [-0.39, 0.29) is 38.6 Å². The Labute approximate surface area is 202 Å². The van der Waals surface area contributed by atoms with E-state index < -0.39 is 12.2 Å². The average molecular weight is 459 g/mol. The van der Waals surface area contributed by atoms with E-state index >= 15 is 0 Å². The molecule has 0 bridgehead atoms. The van der Waals surface area contributed by atoms with E-state index in [1.807, 2.05) is 0 Å². The van der Waals surface area contributed by atoms with Gasteiger partial charge in [0.25, 0.3) is 0 Å². The van der Waals surface area contributed by atoms with E-state index in [4.69, 9.17) is 0 Å². The first-order valence-corrected chi connectivity index (χ1v) is 13.8. The zero-order chi connectivity index (χ0) is 24.4. The summed E-state index contributed by atoms with van der Waals surface area (Å²) in [4.78, 5) is 0. The van der Waals surface area contributed by atoms with Crippen molar-refractivity contribution >= 4 is 0 Å². The van der Waals surface area contributed by atoms with E-state index in [0.29, 0.717) is 17.8 Å². The van der Waals surface area contributed by atoms with Crippen molar-refractivity contribution in [3.05, 3.63) is 11.6 Å². The smallest absolute Gasteiger partial charge is 0.0863 e. The molecular formula is C30H50O3. The summed E-state index contributed by atoms with van der Waals surface area (Å²) < 4.78 is 0. The van der Waals surface area contributed by atoms with Crippen LogP contribution in [0.4, 0.5) is 0 Å². The van der Waals surface area contributed by atoms with Crippen molar-refractivity contribution in [3.63, 3.8) is 0 Å². The Bertz CT molecular complexity index is 859. The number of aliphatic hydroxyl groups excluding tert-OH is 3. The number of aliphatic hydroxyl groups is 3. The van der Waals surface area contributed by atoms with Gasteiger partial charge in [0.2, 0.25) is 0 Å². The molecule has 5 aliphatic carbocycles. The first kappa shape index (κ1) is 24.3. The van der Waals surface area contributed by atoms with Crippen molar-refractivity contribution in [1.82, 2.24) is 0 Å². The molecule has 5 rings (SSSR count). The van der Waals surface area contributed by atoms with Crippen LogP contribution >= 0.6 is 0 Å². The van der Waals surface area contributed by atoms with Crippen molar-refractivity contribution in [2.45, 2.75) is 125 Å². The average Bonchev–Trinajstić information content (AvgIpc) is 2.72. The zero-order valence-electron chi connectivity index (χ0n) is 22.5. The fourth-order valence-corrected chi connectivity index (χ4v) is 10.7. The summed E-state index contributed by atoms with van der Waals surface area (Å²) in [6.07, 6.45) is 9.83. The Morgan fingerprint density at radius 2 is 1.39 bits per heavy atom. The van der Waals surface area contributed by atoms with Crippen LogP contribution in [0.2, 0.25) is 0 Å². The lowest BCUT2D eigenvalue weighted by atomic mass is 9.33. The Balaban J connectivity index is 1.58. The number of hydrogen-bond acceptors (Lipinski definition) is 3. The second-order valence-electron chi connectivity index (χ2n) is 15.3. The lowest BCUT2D eigenvalue weighted by Gasteiger charge is -2.71. The SMILES string of the molecule is CC1(C)C[C@@H]2C3=CC[C@@H]4[C@@]5(C)CC[C@H](O)C(C)(C)C5CC[C@@]4(C)[C@]3(C)CC[C@@]2(C)[C@H](O)[C@@H]1O. The van der Waals surface area contributed by atoms with Gasteiger partial charge >= 0.3 is 0 Å². The Morgan fingerprint density at radius 3 is 2.06 bits per heavy atom. The molecule has 0 aromatic carbocycles. The van der Waals surface area contributed by atoms with Gasteiger partial charge in [0.05, 0.1) is 18.3 Å². The van der Waals surface area contributed by atoms with Crippen LogP contribution in [-0.2, 0) is 0 Å². The fraction of sp³-hybridized carbons (Fsp3) is 0.933. The maximum absolute atomic E-state index is 11.3. The Hall–Kier alpha value is -0.380. The van der Waals surface area contributed by atoms with Gasteiger partial charge in [-0.15, -0.1) is 0 Å². The molecule has 3 heteroatoms. The minimum absolute atomic E-state index is 0.0159. The highest BCUT2D eigenvalue weighted by atomic mass is 16.3. The highest BCUT2D eigenvalue weighted by Crippen LogP contribution is 2.75. The van der Waals surface area contributed by atoms with Gasteiger partial charge in [0.1, 0.15) is 0 Å². The molecule has 0 heterocycles. The summed E-state index contributed by atoms with van der Waals surface area (Å²) in [6, 6.07) is 0. The van der Waals surface area contributed by atoms with Gasteiger partial charge in [0, 0.05) is 5.41 Å². The van der Waals surface area contributed by atoms with E-state index in [1.54, 1.807) is 5.57 Å². The number of rotatable bonds is 0. The minimum Gasteiger partial charge on any atom is -0.393 e. The van der Waals surface area contributed by atoms with E-state index in [0.717, 1.165) is 38.5 Å². The molecule has 0 radical (unpaired) electrons. The molecule has 0 aliphatic heterocycles. The number of allylic oxidation sites excluding steroid dienone is 2. The van der Waals surface area contributed by atoms with Crippen LogP contribution < -0.4 is 0 Å². The molecule has 0 saturated heterocycles. The van der Waals surface area contributed by atoms with Crippen LogP contribution in [-0.4, -0.2) is 33.6 Å². The summed E-state index contributed by atoms with van der Waals surface area (Å²) in [6.45, 7) is 18.9. The molecule has 3 N–H and O–H groups in total. The molecule has 0 spiro atoms. The van der Waals surface area contributed by atoms with Gasteiger partial charge in [-0.2, -0.15) is 0 Å². The predicted molar refractivity (Wildman–Crippen MR) is 133 cm³/mol. The van der Waals surface area contributed by atoms with Crippen molar-refractivity contribution in [2.24, 2.45) is 50.2 Å². The predicted octanol–water partition coefficient (Wildman–Crippen LogP) is 6.11. The first-order valence-electron chi connectivity index (χ1n) is 13.8.